The number of carbonyl (C=O) groups is 2. The Morgan fingerprint density at radius 2 is 1.88 bits per heavy atom. The van der Waals surface area contributed by atoms with Crippen LogP contribution in [0, 0.1) is 6.92 Å². The smallest absolute Gasteiger partial charge is 0.254 e. The summed E-state index contributed by atoms with van der Waals surface area (Å²) in [5.74, 6) is 0.849. The first-order valence-corrected chi connectivity index (χ1v) is 13.4. The van der Waals surface area contributed by atoms with Crippen molar-refractivity contribution in [3.8, 4) is 28.4 Å². The van der Waals surface area contributed by atoms with E-state index in [0.29, 0.717) is 36.2 Å². The van der Waals surface area contributed by atoms with Gasteiger partial charge in [-0.3, -0.25) is 19.5 Å². The number of carbonyl (C=O) groups excluding carboxylic acids is 2. The van der Waals surface area contributed by atoms with Crippen LogP contribution in [0.25, 0.3) is 16.9 Å². The number of hydrogen-bond donors (Lipinski definition) is 1. The fraction of sp³-hybridized carbons (Fsp3) is 0.258. The van der Waals surface area contributed by atoms with Gasteiger partial charge in [0.2, 0.25) is 18.6 Å². The van der Waals surface area contributed by atoms with Crippen LogP contribution in [0.15, 0.2) is 79.0 Å². The third kappa shape index (κ3) is 5.55. The summed E-state index contributed by atoms with van der Waals surface area (Å²) >= 11 is 0. The van der Waals surface area contributed by atoms with Crippen molar-refractivity contribution in [2.24, 2.45) is 0 Å². The molecule has 0 spiro atoms. The number of aryl methyl sites for hydroxylation is 1. The minimum atomic E-state index is -0.355. The van der Waals surface area contributed by atoms with Gasteiger partial charge in [-0.05, 0) is 55.7 Å². The normalized spacial score (nSPS) is 15.7. The quantitative estimate of drug-likeness (QED) is 0.345. The summed E-state index contributed by atoms with van der Waals surface area (Å²) in [4.78, 5) is 33.4. The number of fused-ring (bicyclic) bond motifs is 1. The predicted molar refractivity (Wildman–Crippen MR) is 150 cm³/mol. The molecular formula is C31H30N4O5. The van der Waals surface area contributed by atoms with Crippen LogP contribution in [0.4, 0.5) is 5.95 Å². The third-order valence-electron chi connectivity index (χ3n) is 7.00. The molecule has 2 aliphatic rings. The number of amides is 2. The number of imidazole rings is 1. The molecule has 6 rings (SSSR count). The molecular weight excluding hydrogens is 508 g/mol. The molecule has 1 N–H and O–H groups in total. The van der Waals surface area contributed by atoms with Crippen LogP contribution in [0.3, 0.4) is 0 Å². The molecule has 1 saturated heterocycles. The van der Waals surface area contributed by atoms with E-state index in [0.717, 1.165) is 35.3 Å². The summed E-state index contributed by atoms with van der Waals surface area (Å²) in [5.41, 5.74) is 4.04. The van der Waals surface area contributed by atoms with Gasteiger partial charge in [0.15, 0.2) is 11.5 Å². The fourth-order valence-electron chi connectivity index (χ4n) is 4.99. The molecule has 1 unspecified atom stereocenters. The number of aromatic nitrogens is 2. The number of ether oxygens (including phenoxy) is 3. The van der Waals surface area contributed by atoms with E-state index < -0.39 is 0 Å². The van der Waals surface area contributed by atoms with Crippen molar-refractivity contribution in [2.75, 3.05) is 31.8 Å². The Morgan fingerprint density at radius 1 is 1.02 bits per heavy atom. The molecule has 3 heterocycles. The Hall–Kier alpha value is -4.63. The molecule has 1 atom stereocenters. The van der Waals surface area contributed by atoms with E-state index in [1.165, 1.54) is 4.90 Å². The molecule has 4 aromatic rings. The van der Waals surface area contributed by atoms with E-state index in [1.54, 1.807) is 18.2 Å². The highest BCUT2D eigenvalue weighted by atomic mass is 16.7. The Morgan fingerprint density at radius 3 is 2.67 bits per heavy atom. The standard InChI is InChI=1S/C31H30N4O5/c1-21-7-5-10-24(15-21)35-18-26(22-8-3-2-4-9-22)32-31(35)33-29(36)19-34(17-25-11-6-14-38-25)30(37)23-12-13-27-28(16-23)40-20-39-27/h2-5,7-10,12-13,15-16,18,25H,6,11,14,17,19-20H2,1H3,(H,32,33,36). The van der Waals surface area contributed by atoms with Crippen molar-refractivity contribution >= 4 is 17.8 Å². The van der Waals surface area contributed by atoms with Crippen LogP contribution >= 0.6 is 0 Å². The summed E-state index contributed by atoms with van der Waals surface area (Å²) in [6.07, 6.45) is 3.55. The van der Waals surface area contributed by atoms with E-state index in [2.05, 4.69) is 5.32 Å². The molecule has 3 aromatic carbocycles. The van der Waals surface area contributed by atoms with Crippen molar-refractivity contribution in [3.63, 3.8) is 0 Å². The maximum Gasteiger partial charge on any atom is 0.254 e. The predicted octanol–water partition coefficient (Wildman–Crippen LogP) is 4.84. The van der Waals surface area contributed by atoms with Gasteiger partial charge in [0.25, 0.3) is 5.91 Å². The molecule has 0 aliphatic carbocycles. The topological polar surface area (TPSA) is 94.9 Å². The van der Waals surface area contributed by atoms with Crippen LogP contribution in [0.5, 0.6) is 11.5 Å². The Balaban J connectivity index is 1.26. The molecule has 0 saturated carbocycles. The lowest BCUT2D eigenvalue weighted by Crippen LogP contribution is -2.42. The second kappa shape index (κ2) is 11.2. The Labute approximate surface area is 232 Å². The minimum Gasteiger partial charge on any atom is -0.454 e. The lowest BCUT2D eigenvalue weighted by molar-refractivity contribution is -0.117. The zero-order valence-corrected chi connectivity index (χ0v) is 22.2. The molecule has 204 valence electrons. The summed E-state index contributed by atoms with van der Waals surface area (Å²) in [6.45, 7) is 2.94. The second-order valence-electron chi connectivity index (χ2n) is 9.96. The minimum absolute atomic E-state index is 0.119. The van der Waals surface area contributed by atoms with Crippen LogP contribution in [0.1, 0.15) is 28.8 Å². The van der Waals surface area contributed by atoms with Crippen molar-refractivity contribution in [3.05, 3.63) is 90.1 Å². The summed E-state index contributed by atoms with van der Waals surface area (Å²) in [5, 5.41) is 2.96. The summed E-state index contributed by atoms with van der Waals surface area (Å²) in [6, 6.07) is 22.8. The highest BCUT2D eigenvalue weighted by Gasteiger charge is 2.27. The Bertz CT molecular complexity index is 1530. The van der Waals surface area contributed by atoms with Crippen molar-refractivity contribution < 1.29 is 23.8 Å². The molecule has 40 heavy (non-hydrogen) atoms. The zero-order chi connectivity index (χ0) is 27.5. The van der Waals surface area contributed by atoms with Gasteiger partial charge in [-0.2, -0.15) is 0 Å². The number of nitrogens with one attached hydrogen (secondary N) is 1. The van der Waals surface area contributed by atoms with Gasteiger partial charge in [-0.15, -0.1) is 0 Å². The first-order chi connectivity index (χ1) is 19.5. The highest BCUT2D eigenvalue weighted by molar-refractivity contribution is 5.99. The molecule has 1 aromatic heterocycles. The van der Waals surface area contributed by atoms with Crippen LogP contribution < -0.4 is 14.8 Å². The molecule has 0 bridgehead atoms. The van der Waals surface area contributed by atoms with Crippen molar-refractivity contribution in [1.82, 2.24) is 14.5 Å². The van der Waals surface area contributed by atoms with Crippen molar-refractivity contribution in [2.45, 2.75) is 25.9 Å². The number of nitrogens with zero attached hydrogens (tertiary/aromatic N) is 3. The number of rotatable bonds is 8. The number of benzene rings is 3. The zero-order valence-electron chi connectivity index (χ0n) is 22.2. The molecule has 1 fully saturated rings. The molecule has 9 nitrogen and oxygen atoms in total. The van der Waals surface area contributed by atoms with E-state index in [1.807, 2.05) is 72.3 Å². The van der Waals surface area contributed by atoms with Gasteiger partial charge in [0.1, 0.15) is 6.54 Å². The highest BCUT2D eigenvalue weighted by Crippen LogP contribution is 2.33. The molecule has 2 amide bonds. The van der Waals surface area contributed by atoms with Gasteiger partial charge in [-0.1, -0.05) is 42.5 Å². The first-order valence-electron chi connectivity index (χ1n) is 13.4. The summed E-state index contributed by atoms with van der Waals surface area (Å²) < 4.78 is 18.5. The molecule has 0 radical (unpaired) electrons. The number of hydrogen-bond acceptors (Lipinski definition) is 6. The Kier molecular flexibility index (Phi) is 7.20. The fourth-order valence-corrected chi connectivity index (χ4v) is 4.99. The van der Waals surface area contributed by atoms with Crippen LogP contribution in [-0.4, -0.2) is 58.9 Å². The van der Waals surface area contributed by atoms with Gasteiger partial charge in [-0.25, -0.2) is 4.98 Å². The molecule has 2 aliphatic heterocycles. The summed E-state index contributed by atoms with van der Waals surface area (Å²) in [7, 11) is 0. The average Bonchev–Trinajstić information content (AvgIpc) is 3.74. The number of anilines is 1. The average molecular weight is 539 g/mol. The maximum atomic E-state index is 13.6. The first kappa shape index (κ1) is 25.6. The lowest BCUT2D eigenvalue weighted by Gasteiger charge is -2.25. The van der Waals surface area contributed by atoms with E-state index in [9.17, 15) is 9.59 Å². The lowest BCUT2D eigenvalue weighted by atomic mass is 10.1. The molecule has 9 heteroatoms. The SMILES string of the molecule is Cc1cccc(-n2cc(-c3ccccc3)nc2NC(=O)CN(CC2CCCO2)C(=O)c2ccc3c(c2)OCO3)c1. The van der Waals surface area contributed by atoms with E-state index in [-0.39, 0.29) is 31.3 Å². The van der Waals surface area contributed by atoms with Crippen molar-refractivity contribution in [1.29, 1.82) is 0 Å². The van der Waals surface area contributed by atoms with Gasteiger partial charge in [0, 0.05) is 36.2 Å². The third-order valence-corrected chi connectivity index (χ3v) is 7.00. The second-order valence-corrected chi connectivity index (χ2v) is 9.96. The van der Waals surface area contributed by atoms with E-state index >= 15 is 0 Å². The van der Waals surface area contributed by atoms with E-state index in [4.69, 9.17) is 19.2 Å². The van der Waals surface area contributed by atoms with Crippen LogP contribution in [0.2, 0.25) is 0 Å². The van der Waals surface area contributed by atoms with Gasteiger partial charge in [0.05, 0.1) is 11.8 Å². The largest absolute Gasteiger partial charge is 0.454 e. The van der Waals surface area contributed by atoms with Crippen LogP contribution in [-0.2, 0) is 9.53 Å². The van der Waals surface area contributed by atoms with Gasteiger partial charge >= 0.3 is 0 Å². The van der Waals surface area contributed by atoms with Gasteiger partial charge < -0.3 is 19.1 Å². The maximum absolute atomic E-state index is 13.6. The monoisotopic (exact) mass is 538 g/mol.